The lowest BCUT2D eigenvalue weighted by Gasteiger charge is -2.41. The summed E-state index contributed by atoms with van der Waals surface area (Å²) in [6.07, 6.45) is 16.3. The van der Waals surface area contributed by atoms with Gasteiger partial charge in [0, 0.05) is 0 Å². The Kier molecular flexibility index (Phi) is 16.6. The highest BCUT2D eigenvalue weighted by molar-refractivity contribution is 5.70. The van der Waals surface area contributed by atoms with Gasteiger partial charge in [-0.25, -0.2) is 0 Å². The molecule has 7 heteroatoms. The number of carbonyl (C=O) groups is 3. The van der Waals surface area contributed by atoms with Crippen LogP contribution in [0.4, 0.5) is 0 Å². The molecule has 0 aliphatic carbocycles. The van der Waals surface area contributed by atoms with E-state index in [1.165, 1.54) is 51.4 Å². The average molecular weight is 471 g/mol. The second-order valence-corrected chi connectivity index (χ2v) is 9.88. The van der Waals surface area contributed by atoms with Crippen molar-refractivity contribution in [2.24, 2.45) is 17.8 Å². The quantitative estimate of drug-likeness (QED) is 0.117. The highest BCUT2D eigenvalue weighted by Crippen LogP contribution is 2.20. The van der Waals surface area contributed by atoms with Gasteiger partial charge in [-0.15, -0.1) is 0 Å². The van der Waals surface area contributed by atoms with Crippen LogP contribution in [0.25, 0.3) is 0 Å². The van der Waals surface area contributed by atoms with Gasteiger partial charge in [-0.3, -0.25) is 14.4 Å². The molecular formula is C26H48NO6+. The van der Waals surface area contributed by atoms with Gasteiger partial charge in [-0.2, -0.15) is 0 Å². The fourth-order valence-electron chi connectivity index (χ4n) is 4.41. The summed E-state index contributed by atoms with van der Waals surface area (Å²) in [5.41, 5.74) is 0. The summed E-state index contributed by atoms with van der Waals surface area (Å²) in [6, 6.07) is 0. The van der Waals surface area contributed by atoms with Gasteiger partial charge in [0.1, 0.15) is 17.8 Å². The maximum atomic E-state index is 11.5. The minimum Gasteiger partial charge on any atom is -0.481 e. The van der Waals surface area contributed by atoms with Crippen molar-refractivity contribution in [3.63, 3.8) is 0 Å². The van der Waals surface area contributed by atoms with E-state index >= 15 is 0 Å². The number of hydrogen-bond acceptors (Lipinski definition) is 3. The molecule has 192 valence electrons. The van der Waals surface area contributed by atoms with Gasteiger partial charge < -0.3 is 19.8 Å². The van der Waals surface area contributed by atoms with Crippen molar-refractivity contribution in [3.05, 3.63) is 12.2 Å². The lowest BCUT2D eigenvalue weighted by atomic mass is 10.0. The molecule has 0 aliphatic rings. The molecule has 0 rings (SSSR count). The summed E-state index contributed by atoms with van der Waals surface area (Å²) in [5, 5.41) is 28.3. The molecule has 3 N–H and O–H groups in total. The molecule has 3 atom stereocenters. The summed E-state index contributed by atoms with van der Waals surface area (Å²) < 4.78 is 0.142. The van der Waals surface area contributed by atoms with Crippen LogP contribution in [-0.2, 0) is 14.4 Å². The predicted octanol–water partition coefficient (Wildman–Crippen LogP) is 5.44. The molecule has 0 amide bonds. The van der Waals surface area contributed by atoms with Crippen molar-refractivity contribution >= 4 is 17.9 Å². The first-order valence-electron chi connectivity index (χ1n) is 12.7. The van der Waals surface area contributed by atoms with Gasteiger partial charge >= 0.3 is 17.9 Å². The number of carboxylic acids is 3. The molecule has 0 aromatic carbocycles. The lowest BCUT2D eigenvalue weighted by Crippen LogP contribution is -2.57. The molecular weight excluding hydrogens is 422 g/mol. The maximum Gasteiger partial charge on any atom is 0.311 e. The minimum atomic E-state index is -0.956. The molecule has 0 aromatic heterocycles. The van der Waals surface area contributed by atoms with E-state index in [9.17, 15) is 29.7 Å². The average Bonchev–Trinajstić information content (AvgIpc) is 2.74. The number of aliphatic carboxylic acids is 3. The first-order chi connectivity index (χ1) is 15.5. The normalized spacial score (nSPS) is 16.2. The van der Waals surface area contributed by atoms with Gasteiger partial charge in [-0.1, -0.05) is 64.4 Å². The Hall–Kier alpha value is -1.89. The van der Waals surface area contributed by atoms with E-state index in [0.717, 1.165) is 12.8 Å². The van der Waals surface area contributed by atoms with E-state index in [-0.39, 0.29) is 24.1 Å². The van der Waals surface area contributed by atoms with Crippen LogP contribution in [0.5, 0.6) is 0 Å². The van der Waals surface area contributed by atoms with Gasteiger partial charge in [-0.05, 0) is 39.7 Å². The predicted molar refractivity (Wildman–Crippen MR) is 131 cm³/mol. The Morgan fingerprint density at radius 1 is 0.636 bits per heavy atom. The molecule has 0 aromatic rings. The van der Waals surface area contributed by atoms with Crippen LogP contribution in [0.2, 0.25) is 0 Å². The van der Waals surface area contributed by atoms with Crippen molar-refractivity contribution < 1.29 is 34.2 Å². The standard InChI is InChI=1S/C26H47NO6/c1-5-6-7-8-9-10-11-12-13-14-15-16-17-27(18-21(2)24(28)29,19-22(3)25(30)31)20-23(4)26(32)33/h15-16,21-23H,5-14,17-20H2,1-4H3,(H2-,28,29,30,31,32,33)/p+1/b16-15+. The minimum absolute atomic E-state index is 0.142. The summed E-state index contributed by atoms with van der Waals surface area (Å²) in [5.74, 6) is -4.96. The van der Waals surface area contributed by atoms with E-state index < -0.39 is 35.7 Å². The van der Waals surface area contributed by atoms with Crippen molar-refractivity contribution in [3.8, 4) is 0 Å². The van der Waals surface area contributed by atoms with Gasteiger partial charge in [0.05, 0.1) is 26.2 Å². The first kappa shape index (κ1) is 31.1. The lowest BCUT2D eigenvalue weighted by molar-refractivity contribution is -0.928. The number of hydrogen-bond donors (Lipinski definition) is 3. The number of carboxylic acid groups (broad SMARTS) is 3. The van der Waals surface area contributed by atoms with Crippen LogP contribution >= 0.6 is 0 Å². The third kappa shape index (κ3) is 14.8. The topological polar surface area (TPSA) is 112 Å². The highest BCUT2D eigenvalue weighted by Gasteiger charge is 2.37. The van der Waals surface area contributed by atoms with Crippen molar-refractivity contribution in [1.29, 1.82) is 0 Å². The molecule has 33 heavy (non-hydrogen) atoms. The molecule has 7 nitrogen and oxygen atoms in total. The summed E-state index contributed by atoms with van der Waals surface area (Å²) in [4.78, 5) is 34.6. The maximum absolute atomic E-state index is 11.5. The molecule has 0 aliphatic heterocycles. The molecule has 0 bridgehead atoms. The molecule has 0 radical (unpaired) electrons. The Balaban J connectivity index is 4.96. The fourth-order valence-corrected chi connectivity index (χ4v) is 4.41. The zero-order valence-corrected chi connectivity index (χ0v) is 21.3. The monoisotopic (exact) mass is 470 g/mol. The molecule has 0 saturated carbocycles. The Bertz CT molecular complexity index is 549. The van der Waals surface area contributed by atoms with Gasteiger partial charge in [0.25, 0.3) is 0 Å². The van der Waals surface area contributed by atoms with Gasteiger partial charge in [0.15, 0.2) is 0 Å². The fraction of sp³-hybridized carbons (Fsp3) is 0.808. The van der Waals surface area contributed by atoms with Crippen LogP contribution in [0, 0.1) is 17.8 Å². The summed E-state index contributed by atoms with van der Waals surface area (Å²) >= 11 is 0. The number of rotatable bonds is 21. The van der Waals surface area contributed by atoms with Gasteiger partial charge in [0.2, 0.25) is 0 Å². The van der Waals surface area contributed by atoms with Crippen LogP contribution in [0.15, 0.2) is 12.2 Å². The molecule has 0 spiro atoms. The number of nitrogens with zero attached hydrogens (tertiary/aromatic N) is 1. The molecule has 0 heterocycles. The summed E-state index contributed by atoms with van der Waals surface area (Å²) in [7, 11) is 0. The van der Waals surface area contributed by atoms with E-state index in [2.05, 4.69) is 13.0 Å². The largest absolute Gasteiger partial charge is 0.481 e. The van der Waals surface area contributed by atoms with Crippen LogP contribution in [-0.4, -0.2) is 63.9 Å². The highest BCUT2D eigenvalue weighted by atomic mass is 16.4. The molecule has 0 fully saturated rings. The third-order valence-electron chi connectivity index (χ3n) is 6.38. The van der Waals surface area contributed by atoms with E-state index in [1.807, 2.05) is 6.08 Å². The number of quaternary nitrogens is 1. The third-order valence-corrected chi connectivity index (χ3v) is 6.38. The van der Waals surface area contributed by atoms with Crippen molar-refractivity contribution in [2.45, 2.75) is 91.9 Å². The Labute approximate surface area is 200 Å². The zero-order chi connectivity index (χ0) is 25.3. The van der Waals surface area contributed by atoms with E-state index in [0.29, 0.717) is 6.54 Å². The summed E-state index contributed by atoms with van der Waals surface area (Å²) in [6.45, 7) is 8.05. The SMILES string of the molecule is CCCCCCCCCCC/C=C/C[N+](CC(C)C(=O)O)(CC(C)C(=O)O)CC(C)C(=O)O. The van der Waals surface area contributed by atoms with Crippen LogP contribution in [0.1, 0.15) is 91.9 Å². The van der Waals surface area contributed by atoms with Crippen molar-refractivity contribution in [1.82, 2.24) is 0 Å². The van der Waals surface area contributed by atoms with Crippen LogP contribution in [0.3, 0.4) is 0 Å². The first-order valence-corrected chi connectivity index (χ1v) is 12.7. The second kappa shape index (κ2) is 17.6. The van der Waals surface area contributed by atoms with E-state index in [4.69, 9.17) is 0 Å². The number of unbranched alkanes of at least 4 members (excludes halogenated alkanes) is 9. The molecule has 0 saturated heterocycles. The number of allylic oxidation sites excluding steroid dienone is 1. The van der Waals surface area contributed by atoms with Crippen molar-refractivity contribution in [2.75, 3.05) is 26.2 Å². The Morgan fingerprint density at radius 3 is 1.36 bits per heavy atom. The Morgan fingerprint density at radius 2 is 1.00 bits per heavy atom. The zero-order valence-electron chi connectivity index (χ0n) is 21.3. The smallest absolute Gasteiger partial charge is 0.311 e. The second-order valence-electron chi connectivity index (χ2n) is 9.88. The van der Waals surface area contributed by atoms with Crippen LogP contribution < -0.4 is 0 Å². The van der Waals surface area contributed by atoms with E-state index in [1.54, 1.807) is 20.8 Å². The molecule has 3 unspecified atom stereocenters.